The van der Waals surface area contributed by atoms with Crippen LogP contribution in [-0.4, -0.2) is 38.7 Å². The Morgan fingerprint density at radius 2 is 2.41 bits per heavy atom. The van der Waals surface area contributed by atoms with E-state index in [0.29, 0.717) is 17.9 Å². The molecule has 0 aromatic carbocycles. The summed E-state index contributed by atoms with van der Waals surface area (Å²) >= 11 is 0. The summed E-state index contributed by atoms with van der Waals surface area (Å²) in [5.74, 6) is 0.843. The molecule has 0 saturated carbocycles. The summed E-state index contributed by atoms with van der Waals surface area (Å²) in [7, 11) is 3.94. The quantitative estimate of drug-likeness (QED) is 0.407. The van der Waals surface area contributed by atoms with Crippen LogP contribution < -0.4 is 11.1 Å². The van der Waals surface area contributed by atoms with Crippen molar-refractivity contribution in [2.24, 2.45) is 11.7 Å². The zero-order chi connectivity index (χ0) is 16.4. The second kappa shape index (κ2) is 9.69. The van der Waals surface area contributed by atoms with Crippen molar-refractivity contribution < 1.29 is 4.74 Å². The van der Waals surface area contributed by atoms with Crippen LogP contribution in [0.3, 0.4) is 0 Å². The summed E-state index contributed by atoms with van der Waals surface area (Å²) in [6, 6.07) is 2.20. The first-order chi connectivity index (χ1) is 10.6. The third-order valence-electron chi connectivity index (χ3n) is 3.48. The second-order valence-corrected chi connectivity index (χ2v) is 5.24. The fourth-order valence-electron chi connectivity index (χ4n) is 2.15. The number of nitriles is 1. The number of ether oxygens (including phenoxy) is 1. The first-order valence-electron chi connectivity index (χ1n) is 7.52. The van der Waals surface area contributed by atoms with Gasteiger partial charge in [-0.2, -0.15) is 5.26 Å². The van der Waals surface area contributed by atoms with Crippen LogP contribution in [0.2, 0.25) is 0 Å². The number of nitrogens with two attached hydrogens (primary N) is 1. The predicted molar refractivity (Wildman–Crippen MR) is 89.5 cm³/mol. The SMILES string of the molecule is CNCCCOC(/C=C\C(C)C1=CC(C#N)=CCN1C)=C/N. The third kappa shape index (κ3) is 5.66. The Kier molecular flexibility index (Phi) is 7.87. The molecule has 1 aliphatic rings. The van der Waals surface area contributed by atoms with Crippen LogP contribution in [0.15, 0.2) is 47.5 Å². The maximum absolute atomic E-state index is 9.02. The number of hydrogen-bond acceptors (Lipinski definition) is 5. The minimum atomic E-state index is 0.179. The maximum atomic E-state index is 9.02. The molecule has 0 amide bonds. The fraction of sp³-hybridized carbons (Fsp3) is 0.471. The molecule has 120 valence electrons. The van der Waals surface area contributed by atoms with Crippen molar-refractivity contribution in [3.8, 4) is 6.07 Å². The van der Waals surface area contributed by atoms with E-state index in [2.05, 4.69) is 23.2 Å². The Hall–Kier alpha value is -2.19. The molecule has 0 radical (unpaired) electrons. The van der Waals surface area contributed by atoms with Crippen LogP contribution in [0, 0.1) is 17.2 Å². The standard InChI is InChI=1S/C17H26N4O/c1-14(17-11-15(12-18)7-9-21(17)3)5-6-16(13-19)22-10-4-8-20-2/h5-7,11,13-14,20H,4,8-10,19H2,1-3H3/b6-5-,16-13+. The van der Waals surface area contributed by atoms with Crippen molar-refractivity contribution >= 4 is 0 Å². The van der Waals surface area contributed by atoms with E-state index in [9.17, 15) is 0 Å². The minimum Gasteiger partial charge on any atom is -0.492 e. The molecule has 1 unspecified atom stereocenters. The van der Waals surface area contributed by atoms with Crippen molar-refractivity contribution in [1.29, 1.82) is 5.26 Å². The molecule has 0 aromatic heterocycles. The molecule has 1 rings (SSSR count). The highest BCUT2D eigenvalue weighted by molar-refractivity contribution is 5.39. The minimum absolute atomic E-state index is 0.179. The van der Waals surface area contributed by atoms with Crippen LogP contribution in [0.5, 0.6) is 0 Å². The molecule has 0 aromatic rings. The van der Waals surface area contributed by atoms with Gasteiger partial charge in [-0.15, -0.1) is 0 Å². The van der Waals surface area contributed by atoms with Gasteiger partial charge in [0.2, 0.25) is 0 Å². The van der Waals surface area contributed by atoms with Gasteiger partial charge in [0.05, 0.1) is 18.2 Å². The molecule has 3 N–H and O–H groups in total. The van der Waals surface area contributed by atoms with E-state index in [1.54, 1.807) is 0 Å². The molecule has 22 heavy (non-hydrogen) atoms. The lowest BCUT2D eigenvalue weighted by Gasteiger charge is -2.27. The summed E-state index contributed by atoms with van der Waals surface area (Å²) < 4.78 is 5.61. The summed E-state index contributed by atoms with van der Waals surface area (Å²) in [5.41, 5.74) is 7.42. The number of nitrogens with one attached hydrogen (secondary N) is 1. The van der Waals surface area contributed by atoms with Crippen molar-refractivity contribution in [3.63, 3.8) is 0 Å². The van der Waals surface area contributed by atoms with Crippen LogP contribution >= 0.6 is 0 Å². The molecule has 5 nitrogen and oxygen atoms in total. The smallest absolute Gasteiger partial charge is 0.134 e. The van der Waals surface area contributed by atoms with Gasteiger partial charge in [-0.05, 0) is 38.2 Å². The number of allylic oxidation sites excluding steroid dienone is 4. The first-order valence-corrected chi connectivity index (χ1v) is 7.52. The number of hydrogen-bond donors (Lipinski definition) is 2. The Labute approximate surface area is 133 Å². The molecular weight excluding hydrogens is 276 g/mol. The van der Waals surface area contributed by atoms with Gasteiger partial charge in [-0.25, -0.2) is 0 Å². The van der Waals surface area contributed by atoms with E-state index >= 15 is 0 Å². The van der Waals surface area contributed by atoms with Crippen LogP contribution in [0.25, 0.3) is 0 Å². The molecule has 5 heteroatoms. The zero-order valence-corrected chi connectivity index (χ0v) is 13.7. The topological polar surface area (TPSA) is 74.3 Å². The van der Waals surface area contributed by atoms with E-state index in [-0.39, 0.29) is 5.92 Å². The molecule has 1 atom stereocenters. The van der Waals surface area contributed by atoms with E-state index in [1.165, 1.54) is 6.20 Å². The summed E-state index contributed by atoms with van der Waals surface area (Å²) in [5, 5.41) is 12.1. The highest BCUT2D eigenvalue weighted by Crippen LogP contribution is 2.22. The van der Waals surface area contributed by atoms with Gasteiger partial charge in [0.15, 0.2) is 0 Å². The monoisotopic (exact) mass is 302 g/mol. The normalized spacial score (nSPS) is 17.0. The Morgan fingerprint density at radius 3 is 3.05 bits per heavy atom. The number of likely N-dealkylation sites (N-methyl/N-ethyl adjacent to an activating group) is 1. The lowest BCUT2D eigenvalue weighted by molar-refractivity contribution is 0.219. The van der Waals surface area contributed by atoms with E-state index in [1.807, 2.05) is 38.4 Å². The summed E-state index contributed by atoms with van der Waals surface area (Å²) in [6.07, 6.45) is 10.2. The molecule has 0 bridgehead atoms. The maximum Gasteiger partial charge on any atom is 0.134 e. The Morgan fingerprint density at radius 1 is 1.64 bits per heavy atom. The van der Waals surface area contributed by atoms with Gasteiger partial charge in [0.1, 0.15) is 5.76 Å². The number of rotatable bonds is 8. The molecule has 0 fully saturated rings. The van der Waals surface area contributed by atoms with Gasteiger partial charge in [0, 0.05) is 31.4 Å². The van der Waals surface area contributed by atoms with Crippen LogP contribution in [-0.2, 0) is 4.74 Å². The summed E-state index contributed by atoms with van der Waals surface area (Å²) in [6.45, 7) is 4.40. The van der Waals surface area contributed by atoms with Gasteiger partial charge in [0.25, 0.3) is 0 Å². The zero-order valence-electron chi connectivity index (χ0n) is 13.7. The Balaban J connectivity index is 2.62. The van der Waals surface area contributed by atoms with Crippen LogP contribution in [0.1, 0.15) is 13.3 Å². The van der Waals surface area contributed by atoms with Crippen molar-refractivity contribution in [3.05, 3.63) is 47.5 Å². The molecule has 0 saturated heterocycles. The van der Waals surface area contributed by atoms with Gasteiger partial charge >= 0.3 is 0 Å². The largest absolute Gasteiger partial charge is 0.492 e. The van der Waals surface area contributed by atoms with Crippen molar-refractivity contribution in [2.75, 3.05) is 33.8 Å². The third-order valence-corrected chi connectivity index (χ3v) is 3.48. The van der Waals surface area contributed by atoms with Gasteiger partial charge < -0.3 is 20.7 Å². The fourth-order valence-corrected chi connectivity index (χ4v) is 2.15. The molecule has 1 heterocycles. The molecule has 0 aliphatic carbocycles. The first kappa shape index (κ1) is 17.9. The van der Waals surface area contributed by atoms with Crippen molar-refractivity contribution in [2.45, 2.75) is 13.3 Å². The molecule has 0 spiro atoms. The lowest BCUT2D eigenvalue weighted by Crippen LogP contribution is -2.24. The van der Waals surface area contributed by atoms with Gasteiger partial charge in [-0.1, -0.05) is 13.0 Å². The predicted octanol–water partition coefficient (Wildman–Crippen LogP) is 1.88. The van der Waals surface area contributed by atoms with E-state index in [0.717, 1.165) is 25.2 Å². The highest BCUT2D eigenvalue weighted by atomic mass is 16.5. The Bertz CT molecular complexity index is 511. The van der Waals surface area contributed by atoms with Crippen LogP contribution in [0.4, 0.5) is 0 Å². The molecular formula is C17H26N4O. The summed E-state index contributed by atoms with van der Waals surface area (Å²) in [4.78, 5) is 2.13. The lowest BCUT2D eigenvalue weighted by atomic mass is 10.0. The van der Waals surface area contributed by atoms with Crippen molar-refractivity contribution in [1.82, 2.24) is 10.2 Å². The average Bonchev–Trinajstić information content (AvgIpc) is 2.54. The number of nitrogens with zero attached hydrogens (tertiary/aromatic N) is 2. The average molecular weight is 302 g/mol. The van der Waals surface area contributed by atoms with E-state index < -0.39 is 0 Å². The van der Waals surface area contributed by atoms with Gasteiger partial charge in [-0.3, -0.25) is 0 Å². The molecule has 1 aliphatic heterocycles. The highest BCUT2D eigenvalue weighted by Gasteiger charge is 2.14. The second-order valence-electron chi connectivity index (χ2n) is 5.24. The van der Waals surface area contributed by atoms with E-state index in [4.69, 9.17) is 15.7 Å².